The number of benzene rings is 1. The molecule has 0 saturated heterocycles. The zero-order valence-corrected chi connectivity index (χ0v) is 15.4. The lowest BCUT2D eigenvalue weighted by atomic mass is 10.1. The number of nitrogen functional groups attached to an aromatic ring is 1. The van der Waals surface area contributed by atoms with Crippen molar-refractivity contribution in [3.05, 3.63) is 40.0 Å². The van der Waals surface area contributed by atoms with Gasteiger partial charge in [0.1, 0.15) is 5.75 Å². The molecule has 0 saturated carbocycles. The van der Waals surface area contributed by atoms with Gasteiger partial charge in [-0.15, -0.1) is 0 Å². The van der Waals surface area contributed by atoms with E-state index in [1.165, 1.54) is 32.1 Å². The topological polar surface area (TPSA) is 61.0 Å². The molecule has 2 aromatic rings. The molecular formula is C18H23Cl2N3O. The Kier molecular flexibility index (Phi) is 7.60. The van der Waals surface area contributed by atoms with Crippen LogP contribution in [-0.2, 0) is 6.42 Å². The largest absolute Gasteiger partial charge is 0.437 e. The minimum atomic E-state index is 0.207. The molecule has 0 atom stereocenters. The standard InChI is InChI=1S/C18H23Cl2N3O/c1-2-3-4-5-6-7-8-14-12-17(23-18(21)22-14)24-16-10-9-13(19)11-15(16)20/h9-12H,2-8H2,1H3,(H2,21,22,23). The molecular weight excluding hydrogens is 345 g/mol. The van der Waals surface area contributed by atoms with Crippen LogP contribution in [0.5, 0.6) is 11.6 Å². The molecule has 0 amide bonds. The van der Waals surface area contributed by atoms with Crippen molar-refractivity contribution in [1.82, 2.24) is 9.97 Å². The molecule has 0 aliphatic carbocycles. The van der Waals surface area contributed by atoms with E-state index in [2.05, 4.69) is 16.9 Å². The Labute approximate surface area is 153 Å². The maximum Gasteiger partial charge on any atom is 0.224 e. The summed E-state index contributed by atoms with van der Waals surface area (Å²) >= 11 is 12.0. The highest BCUT2D eigenvalue weighted by Crippen LogP contribution is 2.31. The Hall–Kier alpha value is -1.52. The van der Waals surface area contributed by atoms with Gasteiger partial charge in [-0.2, -0.15) is 4.98 Å². The van der Waals surface area contributed by atoms with Crippen molar-refractivity contribution in [3.63, 3.8) is 0 Å². The van der Waals surface area contributed by atoms with Crippen molar-refractivity contribution < 1.29 is 4.74 Å². The molecule has 0 radical (unpaired) electrons. The van der Waals surface area contributed by atoms with E-state index in [4.69, 9.17) is 33.7 Å². The van der Waals surface area contributed by atoms with Gasteiger partial charge < -0.3 is 10.5 Å². The zero-order chi connectivity index (χ0) is 17.4. The number of rotatable bonds is 9. The van der Waals surface area contributed by atoms with E-state index in [1.54, 1.807) is 18.2 Å². The monoisotopic (exact) mass is 367 g/mol. The molecule has 4 nitrogen and oxygen atoms in total. The number of nitrogens with two attached hydrogens (primary N) is 1. The van der Waals surface area contributed by atoms with Gasteiger partial charge in [-0.1, -0.05) is 62.2 Å². The molecule has 1 aromatic carbocycles. The maximum absolute atomic E-state index is 6.12. The SMILES string of the molecule is CCCCCCCCc1cc(Oc2ccc(Cl)cc2Cl)nc(N)n1. The van der Waals surface area contributed by atoms with Gasteiger partial charge in [-0.3, -0.25) is 0 Å². The second-order valence-corrected chi connectivity index (χ2v) is 6.59. The van der Waals surface area contributed by atoms with Crippen molar-refractivity contribution >= 4 is 29.2 Å². The number of aromatic nitrogens is 2. The van der Waals surface area contributed by atoms with Crippen LogP contribution in [0.4, 0.5) is 5.95 Å². The second kappa shape index (κ2) is 9.70. The lowest BCUT2D eigenvalue weighted by molar-refractivity contribution is 0.461. The Morgan fingerprint density at radius 2 is 1.75 bits per heavy atom. The Balaban J connectivity index is 1.95. The van der Waals surface area contributed by atoms with Crippen LogP contribution < -0.4 is 10.5 Å². The summed E-state index contributed by atoms with van der Waals surface area (Å²) in [5, 5.41) is 0.982. The summed E-state index contributed by atoms with van der Waals surface area (Å²) in [6.07, 6.45) is 8.27. The second-order valence-electron chi connectivity index (χ2n) is 5.75. The van der Waals surface area contributed by atoms with Crippen LogP contribution in [0, 0.1) is 0 Å². The van der Waals surface area contributed by atoms with E-state index in [1.807, 2.05) is 6.07 Å². The number of anilines is 1. The van der Waals surface area contributed by atoms with Crippen molar-refractivity contribution in [2.75, 3.05) is 5.73 Å². The van der Waals surface area contributed by atoms with Crippen LogP contribution in [0.15, 0.2) is 24.3 Å². The number of hydrogen-bond donors (Lipinski definition) is 1. The molecule has 1 aromatic heterocycles. The number of aryl methyl sites for hydroxylation is 1. The fourth-order valence-electron chi connectivity index (χ4n) is 2.43. The molecule has 0 aliphatic heterocycles. The normalized spacial score (nSPS) is 10.8. The predicted octanol–water partition coefficient (Wildman–Crippen LogP) is 6.06. The number of halogens is 2. The van der Waals surface area contributed by atoms with Crippen molar-refractivity contribution in [2.24, 2.45) is 0 Å². The molecule has 0 aliphatic rings. The fourth-order valence-corrected chi connectivity index (χ4v) is 2.88. The van der Waals surface area contributed by atoms with E-state index < -0.39 is 0 Å². The number of hydrogen-bond acceptors (Lipinski definition) is 4. The van der Waals surface area contributed by atoms with E-state index in [0.29, 0.717) is 21.7 Å². The minimum Gasteiger partial charge on any atom is -0.437 e. The summed E-state index contributed by atoms with van der Waals surface area (Å²) in [5.41, 5.74) is 6.68. The Morgan fingerprint density at radius 3 is 2.50 bits per heavy atom. The summed E-state index contributed by atoms with van der Waals surface area (Å²) in [6.45, 7) is 2.22. The average Bonchev–Trinajstić information content (AvgIpc) is 2.53. The molecule has 0 spiro atoms. The third-order valence-corrected chi connectivity index (χ3v) is 4.20. The molecule has 0 bridgehead atoms. The first-order valence-corrected chi connectivity index (χ1v) is 9.10. The van der Waals surface area contributed by atoms with E-state index in [-0.39, 0.29) is 5.95 Å². The summed E-state index contributed by atoms with van der Waals surface area (Å²) in [6, 6.07) is 6.86. The average molecular weight is 368 g/mol. The van der Waals surface area contributed by atoms with Crippen LogP contribution in [0.3, 0.4) is 0 Å². The highest BCUT2D eigenvalue weighted by atomic mass is 35.5. The highest BCUT2D eigenvalue weighted by Gasteiger charge is 2.08. The van der Waals surface area contributed by atoms with Gasteiger partial charge in [-0.05, 0) is 31.0 Å². The van der Waals surface area contributed by atoms with Crippen LogP contribution in [0.2, 0.25) is 10.0 Å². The van der Waals surface area contributed by atoms with Crippen molar-refractivity contribution in [2.45, 2.75) is 51.9 Å². The van der Waals surface area contributed by atoms with Crippen LogP contribution in [0.1, 0.15) is 51.1 Å². The quantitative estimate of drug-likeness (QED) is 0.547. The Morgan fingerprint density at radius 1 is 1.00 bits per heavy atom. The Bertz CT molecular complexity index is 665. The number of unbranched alkanes of at least 4 members (excludes halogenated alkanes) is 5. The van der Waals surface area contributed by atoms with Gasteiger partial charge in [0.2, 0.25) is 11.8 Å². The first kappa shape index (κ1) is 18.8. The summed E-state index contributed by atoms with van der Waals surface area (Å²) in [5.74, 6) is 1.09. The smallest absolute Gasteiger partial charge is 0.224 e. The van der Waals surface area contributed by atoms with Gasteiger partial charge in [0, 0.05) is 16.8 Å². The molecule has 0 fully saturated rings. The van der Waals surface area contributed by atoms with Crippen LogP contribution in [0.25, 0.3) is 0 Å². The third-order valence-electron chi connectivity index (χ3n) is 3.67. The highest BCUT2D eigenvalue weighted by molar-refractivity contribution is 6.35. The molecule has 0 unspecified atom stereocenters. The molecule has 6 heteroatoms. The molecule has 2 rings (SSSR count). The number of ether oxygens (including phenoxy) is 1. The number of nitrogens with zero attached hydrogens (tertiary/aromatic N) is 2. The zero-order valence-electron chi connectivity index (χ0n) is 13.9. The van der Waals surface area contributed by atoms with E-state index in [0.717, 1.165) is 18.5 Å². The van der Waals surface area contributed by atoms with Gasteiger partial charge in [0.25, 0.3) is 0 Å². The third kappa shape index (κ3) is 6.17. The lowest BCUT2D eigenvalue weighted by Gasteiger charge is -2.09. The summed E-state index contributed by atoms with van der Waals surface area (Å²) < 4.78 is 5.72. The minimum absolute atomic E-state index is 0.207. The van der Waals surface area contributed by atoms with E-state index in [9.17, 15) is 0 Å². The van der Waals surface area contributed by atoms with Gasteiger partial charge >= 0.3 is 0 Å². The first-order valence-electron chi connectivity index (χ1n) is 8.35. The molecule has 24 heavy (non-hydrogen) atoms. The summed E-state index contributed by atoms with van der Waals surface area (Å²) in [7, 11) is 0. The summed E-state index contributed by atoms with van der Waals surface area (Å²) in [4.78, 5) is 8.39. The molecule has 2 N–H and O–H groups in total. The van der Waals surface area contributed by atoms with Crippen LogP contribution >= 0.6 is 23.2 Å². The van der Waals surface area contributed by atoms with Gasteiger partial charge in [-0.25, -0.2) is 4.98 Å². The lowest BCUT2D eigenvalue weighted by Crippen LogP contribution is -2.01. The first-order chi connectivity index (χ1) is 11.6. The van der Waals surface area contributed by atoms with Gasteiger partial charge in [0.05, 0.1) is 5.02 Å². The van der Waals surface area contributed by atoms with Gasteiger partial charge in [0.15, 0.2) is 0 Å². The van der Waals surface area contributed by atoms with Crippen LogP contribution in [-0.4, -0.2) is 9.97 Å². The molecule has 1 heterocycles. The van der Waals surface area contributed by atoms with E-state index >= 15 is 0 Å². The van der Waals surface area contributed by atoms with Crippen molar-refractivity contribution in [3.8, 4) is 11.6 Å². The molecule has 130 valence electrons. The predicted molar refractivity (Wildman–Crippen MR) is 100 cm³/mol. The van der Waals surface area contributed by atoms with Crippen molar-refractivity contribution in [1.29, 1.82) is 0 Å². The fraction of sp³-hybridized carbons (Fsp3) is 0.444. The maximum atomic E-state index is 6.12.